The van der Waals surface area contributed by atoms with E-state index in [1.54, 1.807) is 12.3 Å². The molecule has 0 saturated carbocycles. The van der Waals surface area contributed by atoms with Gasteiger partial charge in [-0.25, -0.2) is 4.39 Å². The van der Waals surface area contributed by atoms with Crippen LogP contribution >= 0.6 is 0 Å². The van der Waals surface area contributed by atoms with Crippen LogP contribution in [-0.4, -0.2) is 18.1 Å². The maximum absolute atomic E-state index is 13.5. The van der Waals surface area contributed by atoms with Crippen molar-refractivity contribution in [1.29, 1.82) is 0 Å². The van der Waals surface area contributed by atoms with Crippen molar-refractivity contribution < 1.29 is 9.13 Å². The number of ether oxygens (including phenoxy) is 1. The van der Waals surface area contributed by atoms with Crippen molar-refractivity contribution in [3.8, 4) is 5.75 Å². The summed E-state index contributed by atoms with van der Waals surface area (Å²) in [6.45, 7) is 3.57. The topological polar surface area (TPSA) is 34.2 Å². The first-order chi connectivity index (χ1) is 10.3. The van der Waals surface area contributed by atoms with Gasteiger partial charge in [0, 0.05) is 18.2 Å². The van der Waals surface area contributed by atoms with Gasteiger partial charge in [-0.15, -0.1) is 0 Å². The SMILES string of the molecule is CCNC(c1cncc(F)c1)C1CCOc2ccccc21. The Morgan fingerprint density at radius 3 is 3.05 bits per heavy atom. The van der Waals surface area contributed by atoms with Crippen LogP contribution in [0.2, 0.25) is 0 Å². The molecule has 3 rings (SSSR count). The van der Waals surface area contributed by atoms with Crippen molar-refractivity contribution in [3.05, 3.63) is 59.7 Å². The zero-order chi connectivity index (χ0) is 14.7. The molecule has 1 aromatic carbocycles. The normalized spacial score (nSPS) is 18.7. The number of nitrogens with zero attached hydrogens (tertiary/aromatic N) is 1. The molecular formula is C17H19FN2O. The van der Waals surface area contributed by atoms with Crippen molar-refractivity contribution in [2.45, 2.75) is 25.3 Å². The van der Waals surface area contributed by atoms with E-state index in [1.807, 2.05) is 18.2 Å². The van der Waals surface area contributed by atoms with Crippen LogP contribution in [0.15, 0.2) is 42.7 Å². The molecule has 0 spiro atoms. The second-order valence-electron chi connectivity index (χ2n) is 5.25. The molecule has 0 fully saturated rings. The fourth-order valence-electron chi connectivity index (χ4n) is 3.03. The summed E-state index contributed by atoms with van der Waals surface area (Å²) in [6, 6.07) is 9.70. The average Bonchev–Trinajstić information content (AvgIpc) is 2.52. The number of halogens is 1. The summed E-state index contributed by atoms with van der Waals surface area (Å²) in [6.07, 6.45) is 3.89. The third kappa shape index (κ3) is 2.90. The Balaban J connectivity index is 1.99. The zero-order valence-electron chi connectivity index (χ0n) is 12.1. The van der Waals surface area contributed by atoms with Gasteiger partial charge in [0.15, 0.2) is 0 Å². The Labute approximate surface area is 124 Å². The standard InChI is InChI=1S/C17H19FN2O/c1-2-20-17(12-9-13(18)11-19-10-12)15-7-8-21-16-6-4-3-5-14(15)16/h3-6,9-11,15,17,20H,2,7-8H2,1H3. The summed E-state index contributed by atoms with van der Waals surface area (Å²) < 4.78 is 19.2. The van der Waals surface area contributed by atoms with Gasteiger partial charge < -0.3 is 10.1 Å². The number of benzene rings is 1. The minimum Gasteiger partial charge on any atom is -0.493 e. The second-order valence-corrected chi connectivity index (χ2v) is 5.25. The summed E-state index contributed by atoms with van der Waals surface area (Å²) in [7, 11) is 0. The van der Waals surface area contributed by atoms with Gasteiger partial charge in [-0.2, -0.15) is 0 Å². The third-order valence-corrected chi connectivity index (χ3v) is 3.92. The lowest BCUT2D eigenvalue weighted by atomic mass is 9.83. The minimum absolute atomic E-state index is 0.0447. The number of rotatable bonds is 4. The molecule has 0 amide bonds. The molecule has 2 unspecified atom stereocenters. The second kappa shape index (κ2) is 6.22. The van der Waals surface area contributed by atoms with Crippen LogP contribution in [0.1, 0.15) is 36.4 Å². The van der Waals surface area contributed by atoms with Crippen molar-refractivity contribution in [2.75, 3.05) is 13.2 Å². The molecule has 1 aromatic heterocycles. The highest BCUT2D eigenvalue weighted by Gasteiger charge is 2.29. The Bertz CT molecular complexity index is 617. The molecule has 1 aliphatic heterocycles. The van der Waals surface area contributed by atoms with Crippen molar-refractivity contribution >= 4 is 0 Å². The molecule has 2 aromatic rings. The van der Waals surface area contributed by atoms with Crippen LogP contribution in [0.4, 0.5) is 4.39 Å². The largest absolute Gasteiger partial charge is 0.493 e. The maximum atomic E-state index is 13.5. The number of aromatic nitrogens is 1. The van der Waals surface area contributed by atoms with E-state index in [9.17, 15) is 4.39 Å². The van der Waals surface area contributed by atoms with E-state index >= 15 is 0 Å². The third-order valence-electron chi connectivity index (χ3n) is 3.92. The predicted octanol–water partition coefficient (Wildman–Crippen LogP) is 3.44. The quantitative estimate of drug-likeness (QED) is 0.935. The van der Waals surface area contributed by atoms with E-state index in [4.69, 9.17) is 4.74 Å². The van der Waals surface area contributed by atoms with Gasteiger partial charge in [0.1, 0.15) is 11.6 Å². The molecule has 1 aliphatic rings. The number of para-hydroxylation sites is 1. The van der Waals surface area contributed by atoms with Crippen molar-refractivity contribution in [1.82, 2.24) is 10.3 Å². The van der Waals surface area contributed by atoms with Gasteiger partial charge in [0.25, 0.3) is 0 Å². The molecular weight excluding hydrogens is 267 g/mol. The Kier molecular flexibility index (Phi) is 4.15. The monoisotopic (exact) mass is 286 g/mol. The highest BCUT2D eigenvalue weighted by molar-refractivity contribution is 5.40. The first kappa shape index (κ1) is 14.0. The lowest BCUT2D eigenvalue weighted by Gasteiger charge is -2.33. The summed E-state index contributed by atoms with van der Waals surface area (Å²) in [5.74, 6) is 0.898. The molecule has 4 heteroatoms. The number of hydrogen-bond acceptors (Lipinski definition) is 3. The summed E-state index contributed by atoms with van der Waals surface area (Å²) in [4.78, 5) is 3.99. The maximum Gasteiger partial charge on any atom is 0.141 e. The molecule has 21 heavy (non-hydrogen) atoms. The Morgan fingerprint density at radius 1 is 1.38 bits per heavy atom. The summed E-state index contributed by atoms with van der Waals surface area (Å²) >= 11 is 0. The molecule has 0 aliphatic carbocycles. The Morgan fingerprint density at radius 2 is 2.24 bits per heavy atom. The van der Waals surface area contributed by atoms with Gasteiger partial charge in [0.05, 0.1) is 12.8 Å². The Hall–Kier alpha value is -1.94. The van der Waals surface area contributed by atoms with E-state index in [2.05, 4.69) is 23.3 Å². The summed E-state index contributed by atoms with van der Waals surface area (Å²) in [5.41, 5.74) is 2.07. The number of nitrogens with one attached hydrogen (secondary N) is 1. The van der Waals surface area contributed by atoms with Gasteiger partial charge in [-0.05, 0) is 36.2 Å². The van der Waals surface area contributed by atoms with Crippen LogP contribution in [0, 0.1) is 5.82 Å². The number of fused-ring (bicyclic) bond motifs is 1. The van der Waals surface area contributed by atoms with Gasteiger partial charge in [-0.1, -0.05) is 25.1 Å². The number of hydrogen-bond donors (Lipinski definition) is 1. The molecule has 0 bridgehead atoms. The van der Waals surface area contributed by atoms with Gasteiger partial charge in [0.2, 0.25) is 0 Å². The molecule has 0 radical (unpaired) electrons. The molecule has 3 nitrogen and oxygen atoms in total. The lowest BCUT2D eigenvalue weighted by Crippen LogP contribution is -2.30. The van der Waals surface area contributed by atoms with E-state index in [1.165, 1.54) is 11.8 Å². The predicted molar refractivity (Wildman–Crippen MR) is 79.9 cm³/mol. The molecule has 0 saturated heterocycles. The smallest absolute Gasteiger partial charge is 0.141 e. The first-order valence-corrected chi connectivity index (χ1v) is 7.35. The van der Waals surface area contributed by atoms with E-state index in [0.717, 1.165) is 24.3 Å². The first-order valence-electron chi connectivity index (χ1n) is 7.35. The summed E-state index contributed by atoms with van der Waals surface area (Å²) in [5, 5.41) is 3.47. The molecule has 2 atom stereocenters. The number of pyridine rings is 1. The van der Waals surface area contributed by atoms with Crippen LogP contribution in [0.3, 0.4) is 0 Å². The fraction of sp³-hybridized carbons (Fsp3) is 0.353. The van der Waals surface area contributed by atoms with Crippen LogP contribution < -0.4 is 10.1 Å². The zero-order valence-corrected chi connectivity index (χ0v) is 12.1. The average molecular weight is 286 g/mol. The van der Waals surface area contributed by atoms with E-state index in [-0.39, 0.29) is 17.8 Å². The van der Waals surface area contributed by atoms with Crippen LogP contribution in [0.5, 0.6) is 5.75 Å². The number of likely N-dealkylation sites (N-methyl/N-ethyl adjacent to an activating group) is 1. The van der Waals surface area contributed by atoms with Crippen molar-refractivity contribution in [3.63, 3.8) is 0 Å². The lowest BCUT2D eigenvalue weighted by molar-refractivity contribution is 0.246. The van der Waals surface area contributed by atoms with Gasteiger partial charge >= 0.3 is 0 Å². The van der Waals surface area contributed by atoms with Crippen LogP contribution in [0.25, 0.3) is 0 Å². The fourth-order valence-corrected chi connectivity index (χ4v) is 3.03. The molecule has 2 heterocycles. The molecule has 1 N–H and O–H groups in total. The highest BCUT2D eigenvalue weighted by Crippen LogP contribution is 2.41. The van der Waals surface area contributed by atoms with Crippen LogP contribution in [-0.2, 0) is 0 Å². The highest BCUT2D eigenvalue weighted by atomic mass is 19.1. The van der Waals surface area contributed by atoms with Gasteiger partial charge in [-0.3, -0.25) is 4.98 Å². The van der Waals surface area contributed by atoms with E-state index in [0.29, 0.717) is 6.61 Å². The molecule has 110 valence electrons. The van der Waals surface area contributed by atoms with E-state index < -0.39 is 0 Å². The van der Waals surface area contributed by atoms with Crippen molar-refractivity contribution in [2.24, 2.45) is 0 Å². The minimum atomic E-state index is -0.296.